The molecule has 2 rings (SSSR count). The molecule has 0 radical (unpaired) electrons. The van der Waals surface area contributed by atoms with E-state index in [4.69, 9.17) is 4.74 Å². The fourth-order valence-corrected chi connectivity index (χ4v) is 4.04. The van der Waals surface area contributed by atoms with E-state index in [9.17, 15) is 13.2 Å². The first-order valence-electron chi connectivity index (χ1n) is 8.83. The number of aryl methyl sites for hydroxylation is 1. The Morgan fingerprint density at radius 3 is 2.36 bits per heavy atom. The Morgan fingerprint density at radius 2 is 1.86 bits per heavy atom. The molecule has 8 heteroatoms. The highest BCUT2D eigenvalue weighted by molar-refractivity contribution is 9.10. The second-order valence-electron chi connectivity index (χ2n) is 6.50. The Hall–Kier alpha value is -2.06. The van der Waals surface area contributed by atoms with Crippen LogP contribution in [0.2, 0.25) is 0 Å². The molecule has 0 spiro atoms. The van der Waals surface area contributed by atoms with Gasteiger partial charge in [0.15, 0.2) is 0 Å². The molecule has 0 saturated heterocycles. The number of nitrogens with zero attached hydrogens (tertiary/aromatic N) is 1. The average molecular weight is 469 g/mol. The molecule has 0 aromatic heterocycles. The highest BCUT2D eigenvalue weighted by Crippen LogP contribution is 2.25. The van der Waals surface area contributed by atoms with Crippen LogP contribution in [0.1, 0.15) is 30.5 Å². The number of methoxy groups -OCH3 is 1. The standard InChI is InChI=1S/C20H25BrN2O4S/c1-5-18(15-6-11-19(27-3)14(2)12-15)22-20(24)13-23(28(4,25)26)17-9-7-16(21)8-10-17/h6-12,18H,5,13H2,1-4H3,(H,22,24)/t18-/m0/s1. The molecule has 2 aromatic rings. The molecular formula is C20H25BrN2O4S. The van der Waals surface area contributed by atoms with Crippen molar-refractivity contribution >= 4 is 37.5 Å². The number of hydrogen-bond donors (Lipinski definition) is 1. The van der Waals surface area contributed by atoms with Gasteiger partial charge in [-0.1, -0.05) is 35.0 Å². The van der Waals surface area contributed by atoms with Crippen molar-refractivity contribution in [2.45, 2.75) is 26.3 Å². The van der Waals surface area contributed by atoms with Gasteiger partial charge in [0.25, 0.3) is 0 Å². The van der Waals surface area contributed by atoms with Gasteiger partial charge < -0.3 is 10.1 Å². The number of sulfonamides is 1. The van der Waals surface area contributed by atoms with Gasteiger partial charge in [-0.2, -0.15) is 0 Å². The van der Waals surface area contributed by atoms with Crippen molar-refractivity contribution in [3.8, 4) is 5.75 Å². The molecule has 28 heavy (non-hydrogen) atoms. The van der Waals surface area contributed by atoms with Crippen molar-refractivity contribution in [3.63, 3.8) is 0 Å². The van der Waals surface area contributed by atoms with Crippen molar-refractivity contribution in [2.24, 2.45) is 0 Å². The Bertz CT molecular complexity index is 930. The van der Waals surface area contributed by atoms with Crippen LogP contribution in [-0.4, -0.2) is 34.2 Å². The number of hydrogen-bond acceptors (Lipinski definition) is 4. The first-order chi connectivity index (χ1) is 13.2. The van der Waals surface area contributed by atoms with E-state index in [0.717, 1.165) is 31.9 Å². The molecule has 1 atom stereocenters. The highest BCUT2D eigenvalue weighted by Gasteiger charge is 2.22. The number of nitrogens with one attached hydrogen (secondary N) is 1. The molecule has 6 nitrogen and oxygen atoms in total. The van der Waals surface area contributed by atoms with E-state index in [1.807, 2.05) is 32.0 Å². The first kappa shape index (κ1) is 22.2. The molecule has 1 amide bonds. The predicted molar refractivity (Wildman–Crippen MR) is 115 cm³/mol. The number of ether oxygens (including phenoxy) is 1. The minimum Gasteiger partial charge on any atom is -0.496 e. The Balaban J connectivity index is 2.18. The minimum atomic E-state index is -3.61. The number of halogens is 1. The van der Waals surface area contributed by atoms with Crippen LogP contribution in [0.5, 0.6) is 5.75 Å². The van der Waals surface area contributed by atoms with Crippen molar-refractivity contribution < 1.29 is 17.9 Å². The molecule has 0 fully saturated rings. The molecular weight excluding hydrogens is 444 g/mol. The van der Waals surface area contributed by atoms with E-state index in [1.165, 1.54) is 0 Å². The lowest BCUT2D eigenvalue weighted by Crippen LogP contribution is -2.41. The van der Waals surface area contributed by atoms with Crippen LogP contribution in [0.3, 0.4) is 0 Å². The zero-order valence-corrected chi connectivity index (χ0v) is 18.8. The zero-order chi connectivity index (χ0) is 20.9. The number of anilines is 1. The Labute approximate surface area is 175 Å². The molecule has 0 unspecified atom stereocenters. The van der Waals surface area contributed by atoms with Crippen molar-refractivity contribution in [3.05, 3.63) is 58.1 Å². The third kappa shape index (κ3) is 5.72. The lowest BCUT2D eigenvalue weighted by atomic mass is 10.0. The van der Waals surface area contributed by atoms with Crippen LogP contribution in [0, 0.1) is 6.92 Å². The van der Waals surface area contributed by atoms with E-state index >= 15 is 0 Å². The summed E-state index contributed by atoms with van der Waals surface area (Å²) in [5, 5.41) is 2.94. The topological polar surface area (TPSA) is 75.7 Å². The Morgan fingerprint density at radius 1 is 1.21 bits per heavy atom. The van der Waals surface area contributed by atoms with Gasteiger partial charge in [-0.05, 0) is 54.8 Å². The third-order valence-corrected chi connectivity index (χ3v) is 6.04. The maximum absolute atomic E-state index is 12.6. The van der Waals surface area contributed by atoms with Crippen LogP contribution in [0.15, 0.2) is 46.9 Å². The second kappa shape index (κ2) is 9.43. The minimum absolute atomic E-state index is 0.219. The number of carbonyl (C=O) groups is 1. The summed E-state index contributed by atoms with van der Waals surface area (Å²) in [4.78, 5) is 12.6. The highest BCUT2D eigenvalue weighted by atomic mass is 79.9. The summed E-state index contributed by atoms with van der Waals surface area (Å²) >= 11 is 3.32. The summed E-state index contributed by atoms with van der Waals surface area (Å²) in [7, 11) is -1.99. The quantitative estimate of drug-likeness (QED) is 0.638. The van der Waals surface area contributed by atoms with Gasteiger partial charge in [-0.15, -0.1) is 0 Å². The fourth-order valence-electron chi connectivity index (χ4n) is 2.92. The van der Waals surface area contributed by atoms with Crippen LogP contribution in [-0.2, 0) is 14.8 Å². The molecule has 152 valence electrons. The predicted octanol–water partition coefficient (Wildman–Crippen LogP) is 3.80. The maximum Gasteiger partial charge on any atom is 0.241 e. The van der Waals surface area contributed by atoms with E-state index in [0.29, 0.717) is 12.1 Å². The van der Waals surface area contributed by atoms with E-state index in [2.05, 4.69) is 21.2 Å². The number of rotatable bonds is 8. The van der Waals surface area contributed by atoms with Crippen LogP contribution in [0.4, 0.5) is 5.69 Å². The molecule has 0 saturated carbocycles. The van der Waals surface area contributed by atoms with Crippen molar-refractivity contribution in [1.29, 1.82) is 0 Å². The molecule has 0 heterocycles. The first-order valence-corrected chi connectivity index (χ1v) is 11.5. The third-order valence-electron chi connectivity index (χ3n) is 4.37. The van der Waals surface area contributed by atoms with Crippen molar-refractivity contribution in [1.82, 2.24) is 5.32 Å². The monoisotopic (exact) mass is 468 g/mol. The van der Waals surface area contributed by atoms with Crippen molar-refractivity contribution in [2.75, 3.05) is 24.2 Å². The number of amides is 1. The van der Waals surface area contributed by atoms with Gasteiger partial charge >= 0.3 is 0 Å². The van der Waals surface area contributed by atoms with Gasteiger partial charge in [0.2, 0.25) is 15.9 Å². The smallest absolute Gasteiger partial charge is 0.241 e. The SMILES string of the molecule is CC[C@H](NC(=O)CN(c1ccc(Br)cc1)S(C)(=O)=O)c1ccc(OC)c(C)c1. The summed E-state index contributed by atoms with van der Waals surface area (Å²) in [6.45, 7) is 3.62. The van der Waals surface area contributed by atoms with Gasteiger partial charge in [0, 0.05) is 4.47 Å². The van der Waals surface area contributed by atoms with E-state index in [-0.39, 0.29) is 18.5 Å². The summed E-state index contributed by atoms with van der Waals surface area (Å²) in [6.07, 6.45) is 1.77. The van der Waals surface area contributed by atoms with Gasteiger partial charge in [-0.3, -0.25) is 9.10 Å². The van der Waals surface area contributed by atoms with Crippen LogP contribution in [0.25, 0.3) is 0 Å². The number of carbonyl (C=O) groups excluding carboxylic acids is 1. The second-order valence-corrected chi connectivity index (χ2v) is 9.33. The average Bonchev–Trinajstić information content (AvgIpc) is 2.64. The van der Waals surface area contributed by atoms with E-state index in [1.54, 1.807) is 31.4 Å². The molecule has 0 aliphatic rings. The van der Waals surface area contributed by atoms with Crippen LogP contribution < -0.4 is 14.4 Å². The van der Waals surface area contributed by atoms with E-state index < -0.39 is 10.0 Å². The summed E-state index contributed by atoms with van der Waals surface area (Å²) in [6, 6.07) is 12.3. The molecule has 0 aliphatic carbocycles. The maximum atomic E-state index is 12.6. The molecule has 2 aromatic carbocycles. The summed E-state index contributed by atoms with van der Waals surface area (Å²) in [5.41, 5.74) is 2.36. The zero-order valence-electron chi connectivity index (χ0n) is 16.4. The lowest BCUT2D eigenvalue weighted by Gasteiger charge is -2.24. The lowest BCUT2D eigenvalue weighted by molar-refractivity contribution is -0.120. The van der Waals surface area contributed by atoms with Gasteiger partial charge in [-0.25, -0.2) is 8.42 Å². The molecule has 0 bridgehead atoms. The van der Waals surface area contributed by atoms with Gasteiger partial charge in [0.1, 0.15) is 12.3 Å². The van der Waals surface area contributed by atoms with Gasteiger partial charge in [0.05, 0.1) is 25.1 Å². The summed E-state index contributed by atoms with van der Waals surface area (Å²) < 4.78 is 31.6. The normalized spacial score (nSPS) is 12.3. The molecule has 1 N–H and O–H groups in total. The number of benzene rings is 2. The fraction of sp³-hybridized carbons (Fsp3) is 0.350. The Kier molecular flexibility index (Phi) is 7.48. The largest absolute Gasteiger partial charge is 0.496 e. The molecule has 0 aliphatic heterocycles. The summed E-state index contributed by atoms with van der Waals surface area (Å²) in [5.74, 6) is 0.414. The van der Waals surface area contributed by atoms with Crippen LogP contribution >= 0.6 is 15.9 Å².